The highest BCUT2D eigenvalue weighted by Crippen LogP contribution is 2.29. The van der Waals surface area contributed by atoms with Crippen LogP contribution in [-0.4, -0.2) is 22.0 Å². The molecule has 1 N–H and O–H groups in total. The lowest BCUT2D eigenvalue weighted by Crippen LogP contribution is -2.00. The first kappa shape index (κ1) is 13.2. The largest absolute Gasteiger partial charge is 0.504 e. The molecular weight excluding hydrogens is 264 g/mol. The Hall–Kier alpha value is -2.75. The van der Waals surface area contributed by atoms with E-state index in [4.69, 9.17) is 4.74 Å². The molecule has 0 aliphatic rings. The number of rotatable bonds is 4. The van der Waals surface area contributed by atoms with Crippen molar-refractivity contribution in [3.05, 3.63) is 66.4 Å². The maximum absolute atomic E-state index is 10.1. The van der Waals surface area contributed by atoms with E-state index in [0.29, 0.717) is 12.2 Å². The van der Waals surface area contributed by atoms with Gasteiger partial charge in [0.2, 0.25) is 0 Å². The number of hydrogen-bond donors (Lipinski definition) is 1. The molecule has 0 amide bonds. The van der Waals surface area contributed by atoms with Crippen molar-refractivity contribution in [1.82, 2.24) is 9.78 Å². The molecule has 21 heavy (non-hydrogen) atoms. The fourth-order valence-corrected chi connectivity index (χ4v) is 2.24. The zero-order valence-corrected chi connectivity index (χ0v) is 11.7. The van der Waals surface area contributed by atoms with Crippen molar-refractivity contribution < 1.29 is 9.84 Å². The Kier molecular flexibility index (Phi) is 3.60. The van der Waals surface area contributed by atoms with Crippen LogP contribution in [0.3, 0.4) is 0 Å². The average molecular weight is 280 g/mol. The molecular formula is C17H16N2O2. The molecule has 0 saturated heterocycles. The minimum Gasteiger partial charge on any atom is -0.504 e. The molecule has 0 saturated carbocycles. The van der Waals surface area contributed by atoms with Gasteiger partial charge in [-0.05, 0) is 17.7 Å². The van der Waals surface area contributed by atoms with E-state index in [-0.39, 0.29) is 5.75 Å². The van der Waals surface area contributed by atoms with Crippen molar-refractivity contribution in [2.24, 2.45) is 0 Å². The van der Waals surface area contributed by atoms with E-state index in [2.05, 4.69) is 5.10 Å². The van der Waals surface area contributed by atoms with E-state index >= 15 is 0 Å². The maximum Gasteiger partial charge on any atom is 0.161 e. The van der Waals surface area contributed by atoms with Crippen molar-refractivity contribution >= 4 is 0 Å². The van der Waals surface area contributed by atoms with Gasteiger partial charge in [0.15, 0.2) is 5.75 Å². The summed E-state index contributed by atoms with van der Waals surface area (Å²) in [7, 11) is 1.62. The SMILES string of the molecule is COc1cccc(-c2nn(Cc3ccccc3)cc2O)c1. The fourth-order valence-electron chi connectivity index (χ4n) is 2.24. The normalized spacial score (nSPS) is 10.5. The molecule has 0 fully saturated rings. The average Bonchev–Trinajstić information content (AvgIpc) is 2.89. The molecule has 0 spiro atoms. The van der Waals surface area contributed by atoms with E-state index < -0.39 is 0 Å². The van der Waals surface area contributed by atoms with Crippen LogP contribution < -0.4 is 4.74 Å². The fraction of sp³-hybridized carbons (Fsp3) is 0.118. The Morgan fingerprint density at radius 2 is 1.90 bits per heavy atom. The van der Waals surface area contributed by atoms with Crippen molar-refractivity contribution in [1.29, 1.82) is 0 Å². The number of benzene rings is 2. The molecule has 1 heterocycles. The van der Waals surface area contributed by atoms with Gasteiger partial charge in [-0.2, -0.15) is 5.10 Å². The lowest BCUT2D eigenvalue weighted by Gasteiger charge is -2.03. The van der Waals surface area contributed by atoms with Crippen LogP contribution in [0.2, 0.25) is 0 Å². The summed E-state index contributed by atoms with van der Waals surface area (Å²) < 4.78 is 6.94. The summed E-state index contributed by atoms with van der Waals surface area (Å²) >= 11 is 0. The predicted octanol–water partition coefficient (Wildman–Crippen LogP) is 3.31. The van der Waals surface area contributed by atoms with Gasteiger partial charge in [0.05, 0.1) is 19.9 Å². The Bertz CT molecular complexity index is 736. The molecule has 0 aliphatic carbocycles. The van der Waals surface area contributed by atoms with Crippen LogP contribution in [0.4, 0.5) is 0 Å². The van der Waals surface area contributed by atoms with Crippen molar-refractivity contribution in [2.45, 2.75) is 6.54 Å². The first-order chi connectivity index (χ1) is 10.3. The van der Waals surface area contributed by atoms with Crippen LogP contribution >= 0.6 is 0 Å². The standard InChI is InChI=1S/C17H16N2O2/c1-21-15-9-5-8-14(10-15)17-16(20)12-19(18-17)11-13-6-3-2-4-7-13/h2-10,12,20H,11H2,1H3. The number of hydrogen-bond acceptors (Lipinski definition) is 3. The minimum absolute atomic E-state index is 0.166. The Morgan fingerprint density at radius 3 is 2.67 bits per heavy atom. The summed E-state index contributed by atoms with van der Waals surface area (Å²) in [5.41, 5.74) is 2.53. The summed E-state index contributed by atoms with van der Waals surface area (Å²) in [6.45, 7) is 0.623. The second kappa shape index (κ2) is 5.71. The summed E-state index contributed by atoms with van der Waals surface area (Å²) in [5.74, 6) is 0.906. The van der Waals surface area contributed by atoms with Gasteiger partial charge < -0.3 is 9.84 Å². The smallest absolute Gasteiger partial charge is 0.161 e. The topological polar surface area (TPSA) is 47.3 Å². The monoisotopic (exact) mass is 280 g/mol. The molecule has 0 unspecified atom stereocenters. The molecule has 0 radical (unpaired) electrons. The summed E-state index contributed by atoms with van der Waals surface area (Å²) in [6, 6.07) is 17.5. The third-order valence-corrected chi connectivity index (χ3v) is 3.27. The number of aromatic nitrogens is 2. The van der Waals surface area contributed by atoms with E-state index in [1.807, 2.05) is 54.6 Å². The van der Waals surface area contributed by atoms with Gasteiger partial charge in [-0.3, -0.25) is 4.68 Å². The van der Waals surface area contributed by atoms with Gasteiger partial charge in [0.1, 0.15) is 11.4 Å². The molecule has 1 aromatic heterocycles. The van der Waals surface area contributed by atoms with E-state index in [9.17, 15) is 5.11 Å². The third kappa shape index (κ3) is 2.89. The third-order valence-electron chi connectivity index (χ3n) is 3.27. The van der Waals surface area contributed by atoms with E-state index in [1.165, 1.54) is 0 Å². The van der Waals surface area contributed by atoms with E-state index in [0.717, 1.165) is 16.9 Å². The Morgan fingerprint density at radius 1 is 1.10 bits per heavy atom. The van der Waals surface area contributed by atoms with Gasteiger partial charge in [-0.1, -0.05) is 42.5 Å². The Labute approximate surface area is 123 Å². The lowest BCUT2D eigenvalue weighted by atomic mass is 10.1. The molecule has 106 valence electrons. The second-order valence-electron chi connectivity index (χ2n) is 4.78. The van der Waals surface area contributed by atoms with Crippen LogP contribution in [0.5, 0.6) is 11.5 Å². The van der Waals surface area contributed by atoms with Crippen molar-refractivity contribution in [2.75, 3.05) is 7.11 Å². The molecule has 0 bridgehead atoms. The quantitative estimate of drug-likeness (QED) is 0.797. The molecule has 4 heteroatoms. The highest BCUT2D eigenvalue weighted by atomic mass is 16.5. The lowest BCUT2D eigenvalue weighted by molar-refractivity contribution is 0.415. The number of nitrogens with zero attached hydrogens (tertiary/aromatic N) is 2. The number of aromatic hydroxyl groups is 1. The Balaban J connectivity index is 1.90. The molecule has 0 atom stereocenters. The van der Waals surface area contributed by atoms with Gasteiger partial charge in [-0.25, -0.2) is 0 Å². The van der Waals surface area contributed by atoms with Crippen LogP contribution in [0.1, 0.15) is 5.56 Å². The molecule has 4 nitrogen and oxygen atoms in total. The van der Waals surface area contributed by atoms with Gasteiger partial charge in [0, 0.05) is 5.56 Å². The van der Waals surface area contributed by atoms with Crippen molar-refractivity contribution in [3.63, 3.8) is 0 Å². The molecule has 3 rings (SSSR count). The predicted molar refractivity (Wildman–Crippen MR) is 81.4 cm³/mol. The van der Waals surface area contributed by atoms with Gasteiger partial charge in [0.25, 0.3) is 0 Å². The number of methoxy groups -OCH3 is 1. The zero-order valence-electron chi connectivity index (χ0n) is 11.7. The first-order valence-corrected chi connectivity index (χ1v) is 6.71. The van der Waals surface area contributed by atoms with Crippen LogP contribution in [0, 0.1) is 0 Å². The first-order valence-electron chi connectivity index (χ1n) is 6.71. The highest BCUT2D eigenvalue weighted by Gasteiger charge is 2.11. The maximum atomic E-state index is 10.1. The second-order valence-corrected chi connectivity index (χ2v) is 4.78. The van der Waals surface area contributed by atoms with Crippen LogP contribution in [0.15, 0.2) is 60.8 Å². The summed E-state index contributed by atoms with van der Waals surface area (Å²) in [5, 5.41) is 14.6. The highest BCUT2D eigenvalue weighted by molar-refractivity contribution is 5.66. The van der Waals surface area contributed by atoms with Gasteiger partial charge >= 0.3 is 0 Å². The molecule has 2 aromatic carbocycles. The molecule has 0 aliphatic heterocycles. The summed E-state index contributed by atoms with van der Waals surface area (Å²) in [6.07, 6.45) is 1.64. The van der Waals surface area contributed by atoms with Crippen molar-refractivity contribution in [3.8, 4) is 22.8 Å². The summed E-state index contributed by atoms with van der Waals surface area (Å²) in [4.78, 5) is 0. The zero-order chi connectivity index (χ0) is 14.7. The number of ether oxygens (including phenoxy) is 1. The van der Waals surface area contributed by atoms with E-state index in [1.54, 1.807) is 18.0 Å². The van der Waals surface area contributed by atoms with Crippen LogP contribution in [0.25, 0.3) is 11.3 Å². The van der Waals surface area contributed by atoms with Gasteiger partial charge in [-0.15, -0.1) is 0 Å². The minimum atomic E-state index is 0.166. The molecule has 3 aromatic rings. The van der Waals surface area contributed by atoms with Crippen LogP contribution in [-0.2, 0) is 6.54 Å².